The molecule has 0 saturated carbocycles. The number of nitrogens with one attached hydrogen (secondary N) is 1. The lowest BCUT2D eigenvalue weighted by atomic mass is 9.91. The predicted octanol–water partition coefficient (Wildman–Crippen LogP) is 4.09. The Hall–Kier alpha value is -2.33. The van der Waals surface area contributed by atoms with Crippen LogP contribution in [0.5, 0.6) is 0 Å². The molecule has 0 radical (unpaired) electrons. The first-order valence-corrected chi connectivity index (χ1v) is 12.5. The maximum Gasteiger partial charge on any atom is 0.272 e. The molecule has 3 aromatic rings. The molecule has 0 bridgehead atoms. The Morgan fingerprint density at radius 1 is 1.06 bits per heavy atom. The number of nitrogens with zero attached hydrogens (tertiary/aromatic N) is 3. The van der Waals surface area contributed by atoms with Gasteiger partial charge < -0.3 is 0 Å². The van der Waals surface area contributed by atoms with Crippen molar-refractivity contribution < 1.29 is 13.2 Å². The number of rotatable bonds is 6. The maximum atomic E-state index is 13.0. The number of amides is 1. The van der Waals surface area contributed by atoms with Crippen molar-refractivity contribution in [2.24, 2.45) is 5.92 Å². The van der Waals surface area contributed by atoms with Crippen molar-refractivity contribution in [3.8, 4) is 0 Å². The summed E-state index contributed by atoms with van der Waals surface area (Å²) in [5, 5.41) is 10.9. The number of piperidine rings is 1. The Labute approximate surface area is 190 Å². The minimum Gasteiger partial charge on any atom is -0.296 e. The van der Waals surface area contributed by atoms with Crippen molar-refractivity contribution in [1.29, 1.82) is 0 Å². The zero-order chi connectivity index (χ0) is 21.8. The summed E-state index contributed by atoms with van der Waals surface area (Å²) >= 11 is 6.68. The largest absolute Gasteiger partial charge is 0.296 e. The number of hydrogen-bond acceptors (Lipinski definition) is 6. The van der Waals surface area contributed by atoms with E-state index in [0.717, 1.165) is 30.6 Å². The second-order valence-electron chi connectivity index (χ2n) is 7.37. The molecule has 1 fully saturated rings. The molecule has 1 N–H and O–H groups in total. The summed E-state index contributed by atoms with van der Waals surface area (Å²) in [6, 6.07) is 16.6. The summed E-state index contributed by atoms with van der Waals surface area (Å²) in [5.74, 6) is 0.0518. The molecule has 10 heteroatoms. The third-order valence-electron chi connectivity index (χ3n) is 5.23. The highest BCUT2D eigenvalue weighted by Crippen LogP contribution is 2.29. The zero-order valence-electron chi connectivity index (χ0n) is 16.6. The lowest BCUT2D eigenvalue weighted by molar-refractivity contribution is 0.102. The van der Waals surface area contributed by atoms with Gasteiger partial charge in [0.05, 0.1) is 0 Å². The fourth-order valence-electron chi connectivity index (χ4n) is 3.55. The average molecular weight is 477 g/mol. The van der Waals surface area contributed by atoms with Crippen LogP contribution >= 0.6 is 22.9 Å². The lowest BCUT2D eigenvalue weighted by Crippen LogP contribution is -2.38. The Bertz CT molecular complexity index is 1140. The highest BCUT2D eigenvalue weighted by molar-refractivity contribution is 7.91. The first-order valence-electron chi connectivity index (χ1n) is 9.86. The van der Waals surface area contributed by atoms with E-state index in [-0.39, 0.29) is 9.47 Å². The van der Waals surface area contributed by atoms with Gasteiger partial charge >= 0.3 is 0 Å². The summed E-state index contributed by atoms with van der Waals surface area (Å²) in [6.07, 6.45) is 2.55. The van der Waals surface area contributed by atoms with Crippen molar-refractivity contribution >= 4 is 44.0 Å². The summed E-state index contributed by atoms with van der Waals surface area (Å²) < 4.78 is 27.3. The Balaban J connectivity index is 1.36. The third-order valence-corrected chi connectivity index (χ3v) is 8.57. The molecule has 0 unspecified atom stereocenters. The Morgan fingerprint density at radius 3 is 2.42 bits per heavy atom. The first-order chi connectivity index (χ1) is 14.9. The van der Waals surface area contributed by atoms with E-state index in [4.69, 9.17) is 11.6 Å². The van der Waals surface area contributed by atoms with Crippen LogP contribution in [0.2, 0.25) is 5.02 Å². The number of anilines is 1. The highest BCUT2D eigenvalue weighted by atomic mass is 35.5. The fourth-order valence-corrected chi connectivity index (χ4v) is 6.18. The molecule has 1 aromatic heterocycles. The van der Waals surface area contributed by atoms with Crippen molar-refractivity contribution in [2.75, 3.05) is 18.4 Å². The van der Waals surface area contributed by atoms with Gasteiger partial charge in [-0.25, -0.2) is 8.42 Å². The van der Waals surface area contributed by atoms with E-state index in [1.165, 1.54) is 9.87 Å². The van der Waals surface area contributed by atoms with Crippen LogP contribution < -0.4 is 5.32 Å². The monoisotopic (exact) mass is 476 g/mol. The smallest absolute Gasteiger partial charge is 0.272 e. The van der Waals surface area contributed by atoms with Gasteiger partial charge in [-0.2, -0.15) is 4.31 Å². The summed E-state index contributed by atoms with van der Waals surface area (Å²) in [6.45, 7) is 0.901. The van der Waals surface area contributed by atoms with Gasteiger partial charge in [0.1, 0.15) is 0 Å². The van der Waals surface area contributed by atoms with Crippen molar-refractivity contribution in [3.63, 3.8) is 0 Å². The van der Waals surface area contributed by atoms with Gasteiger partial charge in [-0.1, -0.05) is 53.3 Å². The number of aromatic nitrogens is 2. The van der Waals surface area contributed by atoms with Gasteiger partial charge in [-0.05, 0) is 55.0 Å². The number of carbonyl (C=O) groups excluding carboxylic acids is 1. The van der Waals surface area contributed by atoms with Crippen molar-refractivity contribution in [1.82, 2.24) is 14.5 Å². The minimum atomic E-state index is -3.73. The van der Waals surface area contributed by atoms with Gasteiger partial charge in [0.2, 0.25) is 9.47 Å². The molecule has 1 aliphatic rings. The number of carbonyl (C=O) groups is 1. The highest BCUT2D eigenvalue weighted by Gasteiger charge is 2.32. The topological polar surface area (TPSA) is 92.3 Å². The van der Waals surface area contributed by atoms with Crippen LogP contribution in [0.15, 0.2) is 58.9 Å². The molecule has 2 aromatic carbocycles. The Kier molecular flexibility index (Phi) is 6.66. The number of benzene rings is 2. The van der Waals surface area contributed by atoms with E-state index < -0.39 is 15.9 Å². The SMILES string of the molecule is O=C(Nc1nnc(S(=O)(=O)N2CCC(Cc3ccccc3)CC2)s1)c1ccc(Cl)cc1. The molecule has 4 rings (SSSR count). The first kappa shape index (κ1) is 21.9. The molecule has 162 valence electrons. The molecule has 0 aliphatic carbocycles. The van der Waals surface area contributed by atoms with Crippen molar-refractivity contribution in [2.45, 2.75) is 23.6 Å². The average Bonchev–Trinajstić information content (AvgIpc) is 3.25. The number of hydrogen-bond donors (Lipinski definition) is 1. The Morgan fingerprint density at radius 2 is 1.74 bits per heavy atom. The molecule has 7 nitrogen and oxygen atoms in total. The van der Waals surface area contributed by atoms with Gasteiger partial charge in [-0.3, -0.25) is 10.1 Å². The molecule has 0 atom stereocenters. The van der Waals surface area contributed by atoms with Crippen LogP contribution in [0.3, 0.4) is 0 Å². The van der Waals surface area contributed by atoms with E-state index in [2.05, 4.69) is 27.6 Å². The number of sulfonamides is 1. The van der Waals surface area contributed by atoms with Crippen LogP contribution in [0.25, 0.3) is 0 Å². The second kappa shape index (κ2) is 9.44. The summed E-state index contributed by atoms with van der Waals surface area (Å²) in [7, 11) is -3.73. The quantitative estimate of drug-likeness (QED) is 0.541. The maximum absolute atomic E-state index is 13.0. The van der Waals surface area contributed by atoms with Gasteiger partial charge in [-0.15, -0.1) is 10.2 Å². The molecular formula is C21H21ClN4O3S2. The normalized spacial score (nSPS) is 15.6. The fraction of sp³-hybridized carbons (Fsp3) is 0.286. The lowest BCUT2D eigenvalue weighted by Gasteiger charge is -2.30. The van der Waals surface area contributed by atoms with Gasteiger partial charge in [0.15, 0.2) is 0 Å². The van der Waals surface area contributed by atoms with Crippen LogP contribution in [0.1, 0.15) is 28.8 Å². The predicted molar refractivity (Wildman–Crippen MR) is 121 cm³/mol. The van der Waals surface area contributed by atoms with E-state index in [1.807, 2.05) is 18.2 Å². The van der Waals surface area contributed by atoms with Crippen LogP contribution in [0.4, 0.5) is 5.13 Å². The molecular weight excluding hydrogens is 456 g/mol. The van der Waals surface area contributed by atoms with Gasteiger partial charge in [0.25, 0.3) is 15.9 Å². The minimum absolute atomic E-state index is 0.111. The molecule has 1 aliphatic heterocycles. The standard InChI is InChI=1S/C21H21ClN4O3S2/c22-18-8-6-17(7-9-18)19(27)23-20-24-25-21(30-20)31(28,29)26-12-10-16(11-13-26)14-15-4-2-1-3-5-15/h1-9,16H,10-14H2,(H,23,24,27). The molecule has 1 saturated heterocycles. The van der Waals surface area contributed by atoms with E-state index in [1.54, 1.807) is 24.3 Å². The van der Waals surface area contributed by atoms with E-state index >= 15 is 0 Å². The number of halogens is 1. The zero-order valence-corrected chi connectivity index (χ0v) is 19.0. The van der Waals surface area contributed by atoms with Crippen molar-refractivity contribution in [3.05, 3.63) is 70.7 Å². The van der Waals surface area contributed by atoms with Crippen LogP contribution in [-0.4, -0.2) is 41.9 Å². The van der Waals surface area contributed by atoms with E-state index in [9.17, 15) is 13.2 Å². The van der Waals surface area contributed by atoms with Crippen LogP contribution in [-0.2, 0) is 16.4 Å². The third kappa shape index (κ3) is 5.30. The molecule has 1 amide bonds. The van der Waals surface area contributed by atoms with Gasteiger partial charge in [0, 0.05) is 23.7 Å². The molecule has 31 heavy (non-hydrogen) atoms. The second-order valence-corrected chi connectivity index (χ2v) is 10.9. The summed E-state index contributed by atoms with van der Waals surface area (Å²) in [4.78, 5) is 12.3. The molecule has 0 spiro atoms. The molecule has 2 heterocycles. The van der Waals surface area contributed by atoms with E-state index in [0.29, 0.717) is 29.6 Å². The summed E-state index contributed by atoms with van der Waals surface area (Å²) in [5.41, 5.74) is 1.67. The van der Waals surface area contributed by atoms with Crippen LogP contribution in [0, 0.1) is 5.92 Å².